The first kappa shape index (κ1) is 75.0. The summed E-state index contributed by atoms with van der Waals surface area (Å²) in [5.74, 6) is -0.315. The Kier molecular flexibility index (Phi) is 41.8. The Labute approximate surface area is 501 Å². The highest BCUT2D eigenvalue weighted by molar-refractivity contribution is 5.76. The molecule has 3 aliphatic rings. The summed E-state index contributed by atoms with van der Waals surface area (Å²) in [6.45, 7) is 1.54. The molecule has 3 aliphatic heterocycles. The van der Waals surface area contributed by atoms with E-state index < -0.39 is 124 Å². The zero-order valence-electron chi connectivity index (χ0n) is 50.3. The van der Waals surface area contributed by atoms with E-state index in [9.17, 15) is 61.0 Å². The maximum atomic E-state index is 13.3. The fourth-order valence-electron chi connectivity index (χ4n) is 9.97. The van der Waals surface area contributed by atoms with Crippen LogP contribution in [0.15, 0.2) is 97.2 Å². The summed E-state index contributed by atoms with van der Waals surface area (Å²) in [6, 6.07) is -1.01. The molecule has 0 aromatic rings. The Morgan fingerprint density at radius 2 is 0.833 bits per heavy atom. The Morgan fingerprint density at radius 1 is 0.440 bits per heavy atom. The number of allylic oxidation sites excluding steroid dienone is 15. The van der Waals surface area contributed by atoms with Crippen LogP contribution in [0.25, 0.3) is 0 Å². The second-order valence-corrected chi connectivity index (χ2v) is 22.1. The van der Waals surface area contributed by atoms with Crippen molar-refractivity contribution in [1.29, 1.82) is 0 Å². The molecular formula is C65H109NO18. The van der Waals surface area contributed by atoms with E-state index in [4.69, 9.17) is 28.4 Å². The summed E-state index contributed by atoms with van der Waals surface area (Å²) >= 11 is 0. The molecule has 0 aromatic carbocycles. The van der Waals surface area contributed by atoms with Crippen molar-refractivity contribution in [3.05, 3.63) is 97.2 Å². The number of unbranched alkanes of at least 4 members (excludes halogenated alkanes) is 15. The van der Waals surface area contributed by atoms with E-state index in [1.807, 2.05) is 6.08 Å². The van der Waals surface area contributed by atoms with E-state index in [0.717, 1.165) is 83.5 Å². The number of aliphatic hydroxyl groups is 11. The average molecular weight is 1190 g/mol. The van der Waals surface area contributed by atoms with Crippen LogP contribution in [0.4, 0.5) is 0 Å². The van der Waals surface area contributed by atoms with E-state index in [0.29, 0.717) is 12.8 Å². The van der Waals surface area contributed by atoms with E-state index in [2.05, 4.69) is 104 Å². The molecule has 0 bridgehead atoms. The number of carbonyl (C=O) groups is 1. The van der Waals surface area contributed by atoms with Crippen LogP contribution in [-0.2, 0) is 33.2 Å². The van der Waals surface area contributed by atoms with Gasteiger partial charge in [0, 0.05) is 6.42 Å². The lowest BCUT2D eigenvalue weighted by Gasteiger charge is -2.48. The number of hydrogen-bond donors (Lipinski definition) is 12. The van der Waals surface area contributed by atoms with Gasteiger partial charge in [-0.2, -0.15) is 0 Å². The van der Waals surface area contributed by atoms with Gasteiger partial charge in [-0.15, -0.1) is 0 Å². The smallest absolute Gasteiger partial charge is 0.220 e. The highest BCUT2D eigenvalue weighted by atomic mass is 16.8. The molecule has 1 amide bonds. The standard InChI is InChI=1S/C65H109NO18/c1-3-5-7-9-11-13-15-17-19-21-22-23-24-25-26-27-29-31-33-35-37-39-41-43-53(71)66-48(49(70)42-40-38-36-34-32-30-28-20-18-16-14-12-10-8-6-4-2)47-79-63-59(77)56(74)61(51(45-68)81-63)84-65-60(78)57(75)62(52(46-69)82-65)83-64-58(76)55(73)54(72)50(44-67)80-64/h5,7,11,13,17,19,22-23,25-26,29,31-32,34,40,42,48-52,54-65,67-70,72-78H,3-4,6,8-10,12,14-16,18,20-21,24,27-28,30,33,35-39,41,43-47H2,1-2H3,(H,66,71)/b7-5-,13-11-,19-17-,23-22-,26-25-,31-29-,34-32+,42-40+. The number of amides is 1. The monoisotopic (exact) mass is 1190 g/mol. The van der Waals surface area contributed by atoms with Crippen LogP contribution in [0.2, 0.25) is 0 Å². The molecule has 84 heavy (non-hydrogen) atoms. The van der Waals surface area contributed by atoms with Crippen LogP contribution in [-0.4, -0.2) is 193 Å². The van der Waals surface area contributed by atoms with E-state index in [1.54, 1.807) is 6.08 Å². The Hall–Kier alpha value is -3.29. The van der Waals surface area contributed by atoms with Crippen molar-refractivity contribution in [2.45, 2.75) is 279 Å². The number of carbonyl (C=O) groups excluding carboxylic acids is 1. The largest absolute Gasteiger partial charge is 0.394 e. The molecular weight excluding hydrogens is 1080 g/mol. The van der Waals surface area contributed by atoms with Gasteiger partial charge in [-0.05, 0) is 83.5 Å². The Balaban J connectivity index is 1.50. The maximum Gasteiger partial charge on any atom is 0.220 e. The van der Waals surface area contributed by atoms with Gasteiger partial charge in [0.05, 0.1) is 38.6 Å². The Morgan fingerprint density at radius 3 is 1.33 bits per heavy atom. The number of ether oxygens (including phenoxy) is 6. The lowest BCUT2D eigenvalue weighted by Crippen LogP contribution is -2.66. The van der Waals surface area contributed by atoms with E-state index in [1.165, 1.54) is 57.8 Å². The number of hydrogen-bond acceptors (Lipinski definition) is 18. The van der Waals surface area contributed by atoms with E-state index in [-0.39, 0.29) is 18.9 Å². The molecule has 482 valence electrons. The van der Waals surface area contributed by atoms with Gasteiger partial charge >= 0.3 is 0 Å². The first-order chi connectivity index (χ1) is 40.8. The second-order valence-electron chi connectivity index (χ2n) is 22.1. The molecule has 3 rings (SSSR count). The van der Waals surface area contributed by atoms with Gasteiger partial charge in [-0.1, -0.05) is 182 Å². The molecule has 17 unspecified atom stereocenters. The minimum absolute atomic E-state index is 0.200. The second kappa shape index (κ2) is 46.8. The highest BCUT2D eigenvalue weighted by Gasteiger charge is 2.53. The van der Waals surface area contributed by atoms with Crippen molar-refractivity contribution in [3.63, 3.8) is 0 Å². The van der Waals surface area contributed by atoms with Gasteiger partial charge < -0.3 is 89.9 Å². The minimum atomic E-state index is -1.99. The number of aliphatic hydroxyl groups excluding tert-OH is 11. The molecule has 19 nitrogen and oxygen atoms in total. The maximum absolute atomic E-state index is 13.3. The zero-order chi connectivity index (χ0) is 61.2. The van der Waals surface area contributed by atoms with Crippen LogP contribution in [0.1, 0.15) is 174 Å². The molecule has 0 spiro atoms. The van der Waals surface area contributed by atoms with Gasteiger partial charge in [-0.25, -0.2) is 0 Å². The van der Waals surface area contributed by atoms with Crippen LogP contribution < -0.4 is 5.32 Å². The molecule has 0 saturated carbocycles. The van der Waals surface area contributed by atoms with Gasteiger partial charge in [0.2, 0.25) is 5.91 Å². The summed E-state index contributed by atoms with van der Waals surface area (Å²) in [4.78, 5) is 13.3. The van der Waals surface area contributed by atoms with Crippen LogP contribution in [0, 0.1) is 0 Å². The summed E-state index contributed by atoms with van der Waals surface area (Å²) in [5, 5.41) is 120. The molecule has 3 saturated heterocycles. The normalized spacial score (nSPS) is 29.8. The van der Waals surface area contributed by atoms with Gasteiger partial charge in [0.15, 0.2) is 18.9 Å². The molecule has 0 aliphatic carbocycles. The van der Waals surface area contributed by atoms with Crippen molar-refractivity contribution < 1.29 is 89.4 Å². The van der Waals surface area contributed by atoms with Crippen molar-refractivity contribution in [1.82, 2.24) is 5.32 Å². The summed E-state index contributed by atoms with van der Waals surface area (Å²) in [6.07, 6.45) is 32.4. The van der Waals surface area contributed by atoms with E-state index >= 15 is 0 Å². The molecule has 19 heteroatoms. The lowest BCUT2D eigenvalue weighted by atomic mass is 9.96. The molecule has 0 radical (unpaired) electrons. The molecule has 0 aromatic heterocycles. The third-order valence-electron chi connectivity index (χ3n) is 15.1. The zero-order valence-corrected chi connectivity index (χ0v) is 50.3. The summed E-state index contributed by atoms with van der Waals surface area (Å²) in [7, 11) is 0. The SMILES string of the molecule is CC/C=C\C/C=C\C/C=C\C/C=C\C/C=C\C/C=C\CCCCCCC(=O)NC(COC1OC(CO)C(OC2OC(CO)C(OC3OC(CO)C(O)C(O)C3O)C(O)C2O)C(O)C1O)C(O)/C=C/CC/C=C/CCCCCCCCCCCC. The average Bonchev–Trinajstić information content (AvgIpc) is 3.69. The Bertz CT molecular complexity index is 1910. The quantitative estimate of drug-likeness (QED) is 0.0228. The van der Waals surface area contributed by atoms with Crippen molar-refractivity contribution in [2.24, 2.45) is 0 Å². The van der Waals surface area contributed by atoms with Gasteiger partial charge in [0.25, 0.3) is 0 Å². The lowest BCUT2D eigenvalue weighted by molar-refractivity contribution is -0.379. The molecule has 12 N–H and O–H groups in total. The minimum Gasteiger partial charge on any atom is -0.394 e. The first-order valence-electron chi connectivity index (χ1n) is 31.5. The summed E-state index contributed by atoms with van der Waals surface area (Å²) in [5.41, 5.74) is 0. The predicted molar refractivity (Wildman–Crippen MR) is 323 cm³/mol. The van der Waals surface area contributed by atoms with Crippen LogP contribution in [0.3, 0.4) is 0 Å². The predicted octanol–water partition coefficient (Wildman–Crippen LogP) is 6.54. The number of rotatable bonds is 45. The van der Waals surface area contributed by atoms with Gasteiger partial charge in [-0.3, -0.25) is 4.79 Å². The fraction of sp³-hybridized carbons (Fsp3) is 0.738. The highest BCUT2D eigenvalue weighted by Crippen LogP contribution is 2.33. The molecule has 17 atom stereocenters. The van der Waals surface area contributed by atoms with Gasteiger partial charge in [0.1, 0.15) is 73.2 Å². The van der Waals surface area contributed by atoms with Crippen molar-refractivity contribution in [3.8, 4) is 0 Å². The van der Waals surface area contributed by atoms with Crippen LogP contribution in [0.5, 0.6) is 0 Å². The first-order valence-corrected chi connectivity index (χ1v) is 31.5. The molecule has 3 fully saturated rings. The third kappa shape index (κ3) is 29.6. The van der Waals surface area contributed by atoms with Crippen molar-refractivity contribution >= 4 is 5.91 Å². The number of nitrogens with one attached hydrogen (secondary N) is 1. The molecule has 3 heterocycles. The van der Waals surface area contributed by atoms with Crippen LogP contribution >= 0.6 is 0 Å². The van der Waals surface area contributed by atoms with Crippen molar-refractivity contribution in [2.75, 3.05) is 26.4 Å². The summed E-state index contributed by atoms with van der Waals surface area (Å²) < 4.78 is 34.2. The fourth-order valence-corrected chi connectivity index (χ4v) is 9.97. The third-order valence-corrected chi connectivity index (χ3v) is 15.1. The topological polar surface area (TPSA) is 307 Å².